The van der Waals surface area contributed by atoms with E-state index in [1.807, 2.05) is 38.4 Å². The number of hydrogen-bond donors (Lipinski definition) is 2. The van der Waals surface area contributed by atoms with E-state index in [1.54, 1.807) is 6.20 Å². The number of aromatic nitrogens is 1. The molecule has 0 unspecified atom stereocenters. The molecule has 1 aromatic heterocycles. The van der Waals surface area contributed by atoms with Crippen LogP contribution in [-0.2, 0) is 11.3 Å². The fourth-order valence-corrected chi connectivity index (χ4v) is 2.29. The van der Waals surface area contributed by atoms with Crippen molar-refractivity contribution in [1.82, 2.24) is 15.2 Å². The van der Waals surface area contributed by atoms with Crippen LogP contribution >= 0.6 is 11.8 Å². The molecule has 128 valence electrons. The van der Waals surface area contributed by atoms with Gasteiger partial charge in [-0.2, -0.15) is 0 Å². The molecule has 1 heterocycles. The number of amides is 1. The summed E-state index contributed by atoms with van der Waals surface area (Å²) in [6.07, 6.45) is 5.43. The summed E-state index contributed by atoms with van der Waals surface area (Å²) in [5.41, 5.74) is 1.15. The Kier molecular flexibility index (Phi) is 10.1. The van der Waals surface area contributed by atoms with E-state index in [0.717, 1.165) is 12.1 Å². The van der Waals surface area contributed by atoms with Crippen molar-refractivity contribution in [2.24, 2.45) is 0 Å². The quantitative estimate of drug-likeness (QED) is 0.461. The van der Waals surface area contributed by atoms with Gasteiger partial charge in [0.2, 0.25) is 11.8 Å². The first kappa shape index (κ1) is 19.5. The highest BCUT2D eigenvalue weighted by molar-refractivity contribution is 7.99. The van der Waals surface area contributed by atoms with E-state index in [0.29, 0.717) is 30.5 Å². The number of pyridine rings is 1. The Morgan fingerprint density at radius 3 is 3.04 bits per heavy atom. The average molecular weight is 339 g/mol. The first-order chi connectivity index (χ1) is 11.1. The smallest absolute Gasteiger partial charge is 0.230 e. The molecule has 6 nitrogen and oxygen atoms in total. The largest absolute Gasteiger partial charge is 0.473 e. The van der Waals surface area contributed by atoms with Crippen molar-refractivity contribution in [2.75, 3.05) is 45.4 Å². The normalized spacial score (nSPS) is 11.1. The van der Waals surface area contributed by atoms with Gasteiger partial charge in [0.1, 0.15) is 6.61 Å². The van der Waals surface area contributed by atoms with Crippen molar-refractivity contribution in [3.63, 3.8) is 0 Å². The molecule has 7 heteroatoms. The zero-order valence-corrected chi connectivity index (χ0v) is 14.5. The number of hydrogen-bond acceptors (Lipinski definition) is 6. The summed E-state index contributed by atoms with van der Waals surface area (Å²) in [5.74, 6) is 1.51. The summed E-state index contributed by atoms with van der Waals surface area (Å²) >= 11 is 1.41. The minimum Gasteiger partial charge on any atom is -0.473 e. The Bertz CT molecular complexity index is 495. The topological polar surface area (TPSA) is 74.7 Å². The van der Waals surface area contributed by atoms with Crippen LogP contribution in [0.1, 0.15) is 5.56 Å². The van der Waals surface area contributed by atoms with Gasteiger partial charge in [-0.3, -0.25) is 4.79 Å². The number of carbonyl (C=O) groups excluding carboxylic acids is 1. The molecule has 1 rings (SSSR count). The predicted octanol–water partition coefficient (Wildman–Crippen LogP) is 0.920. The van der Waals surface area contributed by atoms with Crippen LogP contribution in [0.4, 0.5) is 0 Å². The van der Waals surface area contributed by atoms with Crippen molar-refractivity contribution in [1.29, 1.82) is 0 Å². The lowest BCUT2D eigenvalue weighted by Crippen LogP contribution is -2.25. The first-order valence-corrected chi connectivity index (χ1v) is 8.60. The van der Waals surface area contributed by atoms with Gasteiger partial charge in [-0.25, -0.2) is 4.98 Å². The molecule has 0 atom stereocenters. The van der Waals surface area contributed by atoms with Crippen molar-refractivity contribution in [3.05, 3.63) is 36.0 Å². The molecule has 0 bridgehead atoms. The molecule has 0 spiro atoms. The average Bonchev–Trinajstić information content (AvgIpc) is 2.51. The molecule has 0 aromatic carbocycles. The second-order valence-electron chi connectivity index (χ2n) is 5.10. The molecule has 0 saturated heterocycles. The number of carbonyl (C=O) groups is 1. The van der Waals surface area contributed by atoms with Gasteiger partial charge in [-0.15, -0.1) is 11.8 Å². The van der Waals surface area contributed by atoms with Crippen LogP contribution in [0.5, 0.6) is 5.88 Å². The molecule has 1 aromatic rings. The zero-order chi connectivity index (χ0) is 16.9. The standard InChI is InChI=1S/C16H25N3O3S/c1-19(2)12-14-5-7-18-16(11-14)22-9-4-3-6-17-15(21)13-23-10-8-20/h3-5,7,11,20H,6,8-10,12-13H2,1-2H3,(H,17,21). The van der Waals surface area contributed by atoms with E-state index in [2.05, 4.69) is 15.2 Å². The van der Waals surface area contributed by atoms with Crippen molar-refractivity contribution in [2.45, 2.75) is 6.54 Å². The van der Waals surface area contributed by atoms with Crippen molar-refractivity contribution >= 4 is 17.7 Å². The Morgan fingerprint density at radius 1 is 1.48 bits per heavy atom. The van der Waals surface area contributed by atoms with Gasteiger partial charge in [-0.05, 0) is 31.8 Å². The van der Waals surface area contributed by atoms with Gasteiger partial charge < -0.3 is 20.1 Å². The molecule has 1 amide bonds. The minimum atomic E-state index is -0.0351. The lowest BCUT2D eigenvalue weighted by Gasteiger charge is -2.10. The predicted molar refractivity (Wildman–Crippen MR) is 93.7 cm³/mol. The monoisotopic (exact) mass is 339 g/mol. The van der Waals surface area contributed by atoms with Crippen molar-refractivity contribution in [3.8, 4) is 5.88 Å². The van der Waals surface area contributed by atoms with Crippen LogP contribution in [0.3, 0.4) is 0 Å². The van der Waals surface area contributed by atoms with Gasteiger partial charge >= 0.3 is 0 Å². The molecule has 0 aliphatic heterocycles. The highest BCUT2D eigenvalue weighted by Crippen LogP contribution is 2.10. The fourth-order valence-electron chi connectivity index (χ4n) is 1.73. The lowest BCUT2D eigenvalue weighted by molar-refractivity contribution is -0.118. The second kappa shape index (κ2) is 11.9. The Morgan fingerprint density at radius 2 is 2.30 bits per heavy atom. The summed E-state index contributed by atoms with van der Waals surface area (Å²) in [5, 5.41) is 11.4. The fraction of sp³-hybridized carbons (Fsp3) is 0.500. The van der Waals surface area contributed by atoms with Gasteiger partial charge in [0.25, 0.3) is 0 Å². The number of thioether (sulfide) groups is 1. The number of aliphatic hydroxyl groups excluding tert-OH is 1. The molecule has 0 radical (unpaired) electrons. The van der Waals surface area contributed by atoms with Crippen LogP contribution in [-0.4, -0.2) is 66.3 Å². The lowest BCUT2D eigenvalue weighted by atomic mass is 10.2. The van der Waals surface area contributed by atoms with Crippen LogP contribution in [0, 0.1) is 0 Å². The Balaban J connectivity index is 2.19. The second-order valence-corrected chi connectivity index (χ2v) is 6.21. The maximum atomic E-state index is 11.4. The maximum Gasteiger partial charge on any atom is 0.230 e. The number of nitrogens with one attached hydrogen (secondary N) is 1. The third-order valence-electron chi connectivity index (χ3n) is 2.68. The van der Waals surface area contributed by atoms with Crippen LogP contribution in [0.15, 0.2) is 30.5 Å². The van der Waals surface area contributed by atoms with Crippen molar-refractivity contribution < 1.29 is 14.6 Å². The Labute approximate surface area is 141 Å². The molecule has 0 fully saturated rings. The number of ether oxygens (including phenoxy) is 1. The number of rotatable bonds is 11. The van der Waals surface area contributed by atoms with Crippen LogP contribution in [0.2, 0.25) is 0 Å². The van der Waals surface area contributed by atoms with E-state index in [4.69, 9.17) is 9.84 Å². The van der Waals surface area contributed by atoms with E-state index in [1.165, 1.54) is 11.8 Å². The summed E-state index contributed by atoms with van der Waals surface area (Å²) < 4.78 is 5.55. The van der Waals surface area contributed by atoms with Gasteiger partial charge in [0, 0.05) is 31.1 Å². The van der Waals surface area contributed by atoms with Crippen LogP contribution in [0.25, 0.3) is 0 Å². The number of nitrogens with zero attached hydrogens (tertiary/aromatic N) is 2. The third-order valence-corrected chi connectivity index (χ3v) is 3.62. The molecular formula is C16H25N3O3S. The summed E-state index contributed by atoms with van der Waals surface area (Å²) in [6.45, 7) is 1.82. The van der Waals surface area contributed by atoms with E-state index in [-0.39, 0.29) is 12.5 Å². The zero-order valence-electron chi connectivity index (χ0n) is 13.7. The summed E-state index contributed by atoms with van der Waals surface area (Å²) in [7, 11) is 4.03. The molecule has 0 aliphatic rings. The molecule has 0 saturated carbocycles. The number of aliphatic hydroxyl groups is 1. The van der Waals surface area contributed by atoms with E-state index < -0.39 is 0 Å². The van der Waals surface area contributed by atoms with Gasteiger partial charge in [0.15, 0.2) is 0 Å². The van der Waals surface area contributed by atoms with E-state index in [9.17, 15) is 4.79 Å². The third kappa shape index (κ3) is 9.93. The molecule has 23 heavy (non-hydrogen) atoms. The highest BCUT2D eigenvalue weighted by atomic mass is 32.2. The highest BCUT2D eigenvalue weighted by Gasteiger charge is 2.00. The Hall–Kier alpha value is -1.57. The van der Waals surface area contributed by atoms with Gasteiger partial charge in [0.05, 0.1) is 12.4 Å². The first-order valence-electron chi connectivity index (χ1n) is 7.44. The molecule has 2 N–H and O–H groups in total. The summed E-state index contributed by atoms with van der Waals surface area (Å²) in [4.78, 5) is 17.7. The SMILES string of the molecule is CN(C)Cc1ccnc(OCC=CCNC(=O)CSCCO)c1. The maximum absolute atomic E-state index is 11.4. The van der Waals surface area contributed by atoms with E-state index >= 15 is 0 Å². The molecule has 0 aliphatic carbocycles. The molecular weight excluding hydrogens is 314 g/mol. The van der Waals surface area contributed by atoms with Crippen LogP contribution < -0.4 is 10.1 Å². The summed E-state index contributed by atoms with van der Waals surface area (Å²) in [6, 6.07) is 3.89. The minimum absolute atomic E-state index is 0.0351. The van der Waals surface area contributed by atoms with Gasteiger partial charge in [-0.1, -0.05) is 6.08 Å².